The van der Waals surface area contributed by atoms with Gasteiger partial charge in [-0.1, -0.05) is 11.6 Å². The molecular formula is C12H15ClFN2O6PS. The highest BCUT2D eigenvalue weighted by molar-refractivity contribution is 8.07. The van der Waals surface area contributed by atoms with Gasteiger partial charge in [-0.3, -0.25) is 18.9 Å². The first-order valence-corrected chi connectivity index (χ1v) is 10.0. The molecule has 1 N–H and O–H groups in total. The minimum absolute atomic E-state index is 0.0817. The summed E-state index contributed by atoms with van der Waals surface area (Å²) in [5.74, 6) is 0. The Hall–Kier alpha value is -0.610. The van der Waals surface area contributed by atoms with E-state index in [1.54, 1.807) is 13.8 Å². The van der Waals surface area contributed by atoms with Crippen molar-refractivity contribution in [3.05, 3.63) is 33.1 Å². The fraction of sp³-hybridized carbons (Fsp3) is 0.667. The maximum Gasteiger partial charge on any atom is 0.330 e. The zero-order valence-electron chi connectivity index (χ0n) is 12.7. The summed E-state index contributed by atoms with van der Waals surface area (Å²) < 4.78 is 37.9. The Kier molecular flexibility index (Phi) is 4.76. The highest BCUT2D eigenvalue weighted by atomic mass is 35.5. The van der Waals surface area contributed by atoms with Gasteiger partial charge in [0.2, 0.25) is 0 Å². The van der Waals surface area contributed by atoms with Gasteiger partial charge in [-0.2, -0.15) is 0 Å². The van der Waals surface area contributed by atoms with Gasteiger partial charge >= 0.3 is 12.4 Å². The molecule has 0 amide bonds. The SMILES string of the molecule is CC(C)O[P@]1(=S)OC[C@H]2O[C@@H](n3ccc(=O)[nH]c3=O)[C@@](F)(Cl)[C@@H]2O1. The van der Waals surface area contributed by atoms with E-state index in [4.69, 9.17) is 41.7 Å². The molecule has 0 bridgehead atoms. The van der Waals surface area contributed by atoms with E-state index in [-0.39, 0.29) is 12.7 Å². The number of aromatic amines is 1. The monoisotopic (exact) mass is 400 g/mol. The molecule has 1 aromatic heterocycles. The predicted molar refractivity (Wildman–Crippen MR) is 86.3 cm³/mol. The Labute approximate surface area is 146 Å². The lowest BCUT2D eigenvalue weighted by Crippen LogP contribution is -2.44. The van der Waals surface area contributed by atoms with Gasteiger partial charge < -0.3 is 13.8 Å². The molecule has 3 rings (SSSR count). The Morgan fingerprint density at radius 3 is 2.92 bits per heavy atom. The van der Waals surface area contributed by atoms with Crippen molar-refractivity contribution in [1.82, 2.24) is 9.55 Å². The molecule has 2 fully saturated rings. The lowest BCUT2D eigenvalue weighted by molar-refractivity contribution is -0.0657. The van der Waals surface area contributed by atoms with E-state index in [0.29, 0.717) is 0 Å². The van der Waals surface area contributed by atoms with Crippen LogP contribution in [0.4, 0.5) is 4.39 Å². The average Bonchev–Trinajstić information content (AvgIpc) is 2.69. The van der Waals surface area contributed by atoms with Crippen LogP contribution in [0.5, 0.6) is 0 Å². The minimum atomic E-state index is -3.17. The topological polar surface area (TPSA) is 91.8 Å². The number of ether oxygens (including phenoxy) is 1. The van der Waals surface area contributed by atoms with Gasteiger partial charge in [0.15, 0.2) is 6.23 Å². The Bertz CT molecular complexity index is 798. The summed E-state index contributed by atoms with van der Waals surface area (Å²) in [5.41, 5.74) is -1.47. The number of nitrogens with zero attached hydrogens (tertiary/aromatic N) is 1. The molecule has 0 saturated carbocycles. The number of hydrogen-bond acceptors (Lipinski definition) is 7. The quantitative estimate of drug-likeness (QED) is 0.605. The van der Waals surface area contributed by atoms with Gasteiger partial charge in [0.05, 0.1) is 12.7 Å². The lowest BCUT2D eigenvalue weighted by Gasteiger charge is -2.35. The van der Waals surface area contributed by atoms with Gasteiger partial charge in [0.25, 0.3) is 10.7 Å². The molecule has 12 heteroatoms. The van der Waals surface area contributed by atoms with E-state index < -0.39 is 41.5 Å². The zero-order chi connectivity index (χ0) is 17.7. The van der Waals surface area contributed by atoms with Crippen molar-refractivity contribution in [2.75, 3.05) is 6.61 Å². The molecule has 2 aliphatic heterocycles. The minimum Gasteiger partial charge on any atom is -0.344 e. The van der Waals surface area contributed by atoms with Crippen LogP contribution in [0.15, 0.2) is 21.9 Å². The molecule has 2 saturated heterocycles. The molecule has 1 aromatic rings. The van der Waals surface area contributed by atoms with Crippen LogP contribution >= 0.6 is 18.3 Å². The molecule has 0 aliphatic carbocycles. The molecule has 5 atom stereocenters. The first kappa shape index (κ1) is 18.2. The van der Waals surface area contributed by atoms with Crippen LogP contribution in [0.25, 0.3) is 0 Å². The van der Waals surface area contributed by atoms with E-state index in [0.717, 1.165) is 16.8 Å². The lowest BCUT2D eigenvalue weighted by atomic mass is 10.1. The molecule has 8 nitrogen and oxygen atoms in total. The largest absolute Gasteiger partial charge is 0.344 e. The summed E-state index contributed by atoms with van der Waals surface area (Å²) in [7, 11) is 0. The van der Waals surface area contributed by atoms with E-state index >= 15 is 4.39 Å². The maximum absolute atomic E-state index is 15.2. The fourth-order valence-electron chi connectivity index (χ4n) is 2.49. The summed E-state index contributed by atoms with van der Waals surface area (Å²) in [5, 5.41) is -2.60. The second-order valence-corrected chi connectivity index (χ2v) is 9.14. The molecule has 0 aromatic carbocycles. The third-order valence-electron chi connectivity index (χ3n) is 3.43. The number of H-pyrrole nitrogens is 1. The number of hydrogen-bond donors (Lipinski definition) is 1. The van der Waals surface area contributed by atoms with E-state index in [1.807, 2.05) is 4.98 Å². The Balaban J connectivity index is 1.91. The summed E-state index contributed by atoms with van der Waals surface area (Å²) in [4.78, 5) is 25.0. The van der Waals surface area contributed by atoms with E-state index in [2.05, 4.69) is 0 Å². The normalized spacial score (nSPS) is 39.1. The highest BCUT2D eigenvalue weighted by Crippen LogP contribution is 2.61. The second kappa shape index (κ2) is 6.28. The molecule has 0 radical (unpaired) electrons. The van der Waals surface area contributed by atoms with Crippen molar-refractivity contribution in [2.24, 2.45) is 0 Å². The van der Waals surface area contributed by atoms with Crippen LogP contribution in [0.3, 0.4) is 0 Å². The Morgan fingerprint density at radius 2 is 2.29 bits per heavy atom. The second-order valence-electron chi connectivity index (χ2n) is 5.64. The van der Waals surface area contributed by atoms with E-state index in [1.165, 1.54) is 0 Å². The number of halogens is 2. The van der Waals surface area contributed by atoms with Gasteiger partial charge in [0.1, 0.15) is 12.2 Å². The zero-order valence-corrected chi connectivity index (χ0v) is 15.1. The van der Waals surface area contributed by atoms with Crippen molar-refractivity contribution in [3.63, 3.8) is 0 Å². The smallest absolute Gasteiger partial charge is 0.330 e. The van der Waals surface area contributed by atoms with Crippen molar-refractivity contribution in [1.29, 1.82) is 0 Å². The van der Waals surface area contributed by atoms with Crippen molar-refractivity contribution in [3.8, 4) is 0 Å². The molecule has 2 aliphatic rings. The molecule has 24 heavy (non-hydrogen) atoms. The van der Waals surface area contributed by atoms with Gasteiger partial charge in [-0.15, -0.1) is 0 Å². The molecular weight excluding hydrogens is 386 g/mol. The highest BCUT2D eigenvalue weighted by Gasteiger charge is 2.62. The fourth-order valence-corrected chi connectivity index (χ4v) is 5.46. The summed E-state index contributed by atoms with van der Waals surface area (Å²) in [6.07, 6.45) is -2.84. The van der Waals surface area contributed by atoms with Crippen LogP contribution < -0.4 is 11.2 Å². The standard InChI is InChI=1S/C12H15ClFN2O6PS/c1-6(2)21-23(24)19-5-7-9(22-23)12(13,14)10(20-7)16-4-3-8(17)15-11(16)18/h3-4,6-7,9-10H,5H2,1-2H3,(H,15,17,18)/t7-,9-,10-,12-,23-/m1/s1. The molecule has 0 spiro atoms. The Morgan fingerprint density at radius 1 is 1.58 bits per heavy atom. The summed E-state index contributed by atoms with van der Waals surface area (Å²) in [6, 6.07) is 1.06. The van der Waals surface area contributed by atoms with Crippen LogP contribution in [0.1, 0.15) is 20.1 Å². The first-order chi connectivity index (χ1) is 11.1. The van der Waals surface area contributed by atoms with Crippen molar-refractivity contribution in [2.45, 2.75) is 43.5 Å². The maximum atomic E-state index is 15.2. The van der Waals surface area contributed by atoms with Crippen LogP contribution in [-0.4, -0.2) is 39.6 Å². The van der Waals surface area contributed by atoms with Crippen molar-refractivity contribution >= 4 is 30.1 Å². The van der Waals surface area contributed by atoms with Gasteiger partial charge in [-0.05, 0) is 25.7 Å². The number of fused-ring (bicyclic) bond motifs is 1. The third kappa shape index (κ3) is 3.24. The average molecular weight is 401 g/mol. The summed E-state index contributed by atoms with van der Waals surface area (Å²) >= 11 is 11.2. The van der Waals surface area contributed by atoms with Gasteiger partial charge in [0, 0.05) is 12.3 Å². The van der Waals surface area contributed by atoms with Crippen molar-refractivity contribution < 1.29 is 22.7 Å². The molecule has 0 unspecified atom stereocenters. The molecule has 134 valence electrons. The predicted octanol–water partition coefficient (Wildman–Crippen LogP) is 1.40. The van der Waals surface area contributed by atoms with Gasteiger partial charge in [-0.25, -0.2) is 9.18 Å². The van der Waals surface area contributed by atoms with Crippen LogP contribution in [0.2, 0.25) is 0 Å². The van der Waals surface area contributed by atoms with E-state index in [9.17, 15) is 9.59 Å². The summed E-state index contributed by atoms with van der Waals surface area (Å²) in [6.45, 7) is 0.225. The number of aromatic nitrogens is 2. The first-order valence-electron chi connectivity index (χ1n) is 7.08. The number of alkyl halides is 2. The molecule has 3 heterocycles. The number of nitrogens with one attached hydrogen (secondary N) is 1. The third-order valence-corrected chi connectivity index (χ3v) is 6.30. The number of rotatable bonds is 3. The van der Waals surface area contributed by atoms with Crippen LogP contribution in [0, 0.1) is 0 Å². The van der Waals surface area contributed by atoms with Crippen LogP contribution in [-0.2, 0) is 30.1 Å².